The number of benzene rings is 2. The van der Waals surface area contributed by atoms with Crippen LogP contribution < -0.4 is 9.47 Å². The van der Waals surface area contributed by atoms with Crippen LogP contribution in [0.15, 0.2) is 42.7 Å². The van der Waals surface area contributed by atoms with Crippen LogP contribution in [-0.4, -0.2) is 68.8 Å². The zero-order chi connectivity index (χ0) is 23.7. The second-order valence-corrected chi connectivity index (χ2v) is 7.84. The fraction of sp³-hybridized carbons (Fsp3) is 0.348. The molecule has 2 aromatic rings. The van der Waals surface area contributed by atoms with Crippen molar-refractivity contribution in [1.29, 1.82) is 0 Å². The molecule has 2 aromatic carbocycles. The number of aliphatic hydroxyl groups excluding tert-OH is 3. The molecule has 2 aliphatic rings. The highest BCUT2D eigenvalue weighted by molar-refractivity contribution is 5.72. The maximum absolute atomic E-state index is 11.1. The van der Waals surface area contributed by atoms with Crippen LogP contribution in [0.2, 0.25) is 0 Å². The molecule has 2 aliphatic heterocycles. The summed E-state index contributed by atoms with van der Waals surface area (Å²) in [6.07, 6.45) is -5.36. The van der Waals surface area contributed by atoms with E-state index in [1.165, 1.54) is 25.3 Å². The van der Waals surface area contributed by atoms with Crippen LogP contribution in [0.25, 0.3) is 5.57 Å². The minimum Gasteiger partial charge on any atom is -0.508 e. The summed E-state index contributed by atoms with van der Waals surface area (Å²) >= 11 is 0. The van der Waals surface area contributed by atoms with Gasteiger partial charge in [0.05, 0.1) is 6.26 Å². The van der Waals surface area contributed by atoms with Crippen LogP contribution in [0.1, 0.15) is 18.1 Å². The molecule has 4 rings (SSSR count). The van der Waals surface area contributed by atoms with E-state index in [1.807, 2.05) is 0 Å². The zero-order valence-corrected chi connectivity index (χ0v) is 17.6. The van der Waals surface area contributed by atoms with E-state index in [0.29, 0.717) is 17.7 Å². The van der Waals surface area contributed by atoms with Crippen molar-refractivity contribution in [2.24, 2.45) is 0 Å². The lowest BCUT2D eigenvalue weighted by Gasteiger charge is -2.39. The Morgan fingerprint density at radius 3 is 2.48 bits per heavy atom. The monoisotopic (exact) mass is 460 g/mol. The van der Waals surface area contributed by atoms with Gasteiger partial charge in [0.25, 0.3) is 0 Å². The average molecular weight is 460 g/mol. The molecule has 5 N–H and O–H groups in total. The average Bonchev–Trinajstić information content (AvgIpc) is 2.79. The summed E-state index contributed by atoms with van der Waals surface area (Å²) in [6, 6.07) is 9.38. The van der Waals surface area contributed by atoms with Gasteiger partial charge >= 0.3 is 5.97 Å². The molecule has 1 saturated heterocycles. The fourth-order valence-corrected chi connectivity index (χ4v) is 3.65. The summed E-state index contributed by atoms with van der Waals surface area (Å²) < 4.78 is 21.6. The lowest BCUT2D eigenvalue weighted by atomic mass is 9.96. The molecule has 0 aliphatic carbocycles. The molecule has 0 unspecified atom stereocenters. The van der Waals surface area contributed by atoms with Gasteiger partial charge in [0.1, 0.15) is 54.0 Å². The SMILES string of the molecule is CC(=O)OC[C@H]1O[C@@H](Oc2cc(O)c3c(c2)OC=C(c2ccc(O)cc2)C3)[C@H](O)[C@@H](O)[C@@H]1O. The predicted octanol–water partition coefficient (Wildman–Crippen LogP) is 0.823. The first-order valence-corrected chi connectivity index (χ1v) is 10.2. The Hall–Kier alpha value is -3.31. The minimum atomic E-state index is -1.61. The lowest BCUT2D eigenvalue weighted by molar-refractivity contribution is -0.278. The third-order valence-corrected chi connectivity index (χ3v) is 5.46. The molecular weight excluding hydrogens is 436 g/mol. The van der Waals surface area contributed by atoms with E-state index in [9.17, 15) is 30.3 Å². The highest BCUT2D eigenvalue weighted by atomic mass is 16.7. The van der Waals surface area contributed by atoms with Crippen molar-refractivity contribution >= 4 is 11.5 Å². The highest BCUT2D eigenvalue weighted by Gasteiger charge is 2.45. The Morgan fingerprint density at radius 1 is 1.06 bits per heavy atom. The van der Waals surface area contributed by atoms with Gasteiger partial charge in [-0.3, -0.25) is 4.79 Å². The number of esters is 1. The van der Waals surface area contributed by atoms with Gasteiger partial charge in [-0.25, -0.2) is 0 Å². The van der Waals surface area contributed by atoms with Crippen LogP contribution in [-0.2, 0) is 20.7 Å². The quantitative estimate of drug-likeness (QED) is 0.405. The number of phenolic OH excluding ortho intramolecular Hbond substituents is 2. The third-order valence-electron chi connectivity index (χ3n) is 5.46. The first kappa shape index (κ1) is 22.9. The Bertz CT molecular complexity index is 1050. The predicted molar refractivity (Wildman–Crippen MR) is 112 cm³/mol. The van der Waals surface area contributed by atoms with Crippen LogP contribution >= 0.6 is 0 Å². The second-order valence-electron chi connectivity index (χ2n) is 7.84. The smallest absolute Gasteiger partial charge is 0.302 e. The number of aliphatic hydroxyl groups is 3. The molecule has 0 amide bonds. The Labute approximate surface area is 188 Å². The molecular formula is C23H24O10. The van der Waals surface area contributed by atoms with Crippen molar-refractivity contribution in [3.63, 3.8) is 0 Å². The van der Waals surface area contributed by atoms with Crippen molar-refractivity contribution in [3.8, 4) is 23.0 Å². The third kappa shape index (κ3) is 4.88. The number of aromatic hydroxyl groups is 2. The lowest BCUT2D eigenvalue weighted by Crippen LogP contribution is -2.60. The first-order valence-electron chi connectivity index (χ1n) is 10.2. The van der Waals surface area contributed by atoms with E-state index in [4.69, 9.17) is 18.9 Å². The standard InChI is InChI=1S/C23H24O10/c1-11(24)30-10-19-20(27)21(28)22(29)23(33-19)32-15-7-17(26)16-6-13(9-31-18(16)8-15)12-2-4-14(25)5-3-12/h2-5,7-9,19-23,25-29H,6,10H2,1H3/t19-,20-,21+,22-,23-/m1/s1. The Morgan fingerprint density at radius 2 is 1.79 bits per heavy atom. The van der Waals surface area contributed by atoms with Crippen LogP contribution in [0, 0.1) is 0 Å². The summed E-state index contributed by atoms with van der Waals surface area (Å²) in [5, 5.41) is 50.5. The number of allylic oxidation sites excluding steroid dienone is 1. The molecule has 2 heterocycles. The molecule has 176 valence electrons. The number of ether oxygens (including phenoxy) is 4. The molecule has 0 spiro atoms. The Balaban J connectivity index is 1.50. The summed E-state index contributed by atoms with van der Waals surface area (Å²) in [5.41, 5.74) is 2.13. The fourth-order valence-electron chi connectivity index (χ4n) is 3.65. The largest absolute Gasteiger partial charge is 0.508 e. The van der Waals surface area contributed by atoms with E-state index in [-0.39, 0.29) is 23.9 Å². The zero-order valence-electron chi connectivity index (χ0n) is 17.6. The maximum Gasteiger partial charge on any atom is 0.302 e. The van der Waals surface area contributed by atoms with Gasteiger partial charge in [0.15, 0.2) is 0 Å². The molecule has 0 radical (unpaired) electrons. The number of fused-ring (bicyclic) bond motifs is 1. The second kappa shape index (κ2) is 9.28. The molecule has 1 fully saturated rings. The molecule has 0 saturated carbocycles. The normalized spacial score (nSPS) is 26.5. The van der Waals surface area contributed by atoms with Gasteiger partial charge in [-0.15, -0.1) is 0 Å². The topological polar surface area (TPSA) is 155 Å². The van der Waals surface area contributed by atoms with Gasteiger partial charge in [-0.2, -0.15) is 0 Å². The molecule has 0 bridgehead atoms. The molecule has 10 nitrogen and oxygen atoms in total. The van der Waals surface area contributed by atoms with E-state index >= 15 is 0 Å². The number of carbonyl (C=O) groups is 1. The summed E-state index contributed by atoms with van der Waals surface area (Å²) in [4.78, 5) is 11.1. The number of carbonyl (C=O) groups excluding carboxylic acids is 1. The number of hydrogen-bond acceptors (Lipinski definition) is 10. The van der Waals surface area contributed by atoms with E-state index in [0.717, 1.165) is 11.1 Å². The van der Waals surface area contributed by atoms with Gasteiger partial charge in [0.2, 0.25) is 6.29 Å². The summed E-state index contributed by atoms with van der Waals surface area (Å²) in [5.74, 6) is -0.156. The number of rotatable bonds is 5. The van der Waals surface area contributed by atoms with Gasteiger partial charge in [-0.05, 0) is 23.3 Å². The maximum atomic E-state index is 11.1. The van der Waals surface area contributed by atoms with Crippen molar-refractivity contribution in [2.75, 3.05) is 6.61 Å². The highest BCUT2D eigenvalue weighted by Crippen LogP contribution is 2.40. The van der Waals surface area contributed by atoms with Gasteiger partial charge < -0.3 is 44.5 Å². The van der Waals surface area contributed by atoms with Crippen molar-refractivity contribution in [3.05, 3.63) is 53.8 Å². The van der Waals surface area contributed by atoms with Crippen molar-refractivity contribution in [2.45, 2.75) is 44.1 Å². The summed E-state index contributed by atoms with van der Waals surface area (Å²) in [7, 11) is 0. The van der Waals surface area contributed by atoms with Crippen molar-refractivity contribution in [1.82, 2.24) is 0 Å². The molecule has 10 heteroatoms. The van der Waals surface area contributed by atoms with Gasteiger partial charge in [-0.1, -0.05) is 12.1 Å². The number of phenols is 2. The van der Waals surface area contributed by atoms with E-state index in [2.05, 4.69) is 0 Å². The Kier molecular flexibility index (Phi) is 6.43. The van der Waals surface area contributed by atoms with Crippen molar-refractivity contribution < 1.29 is 49.3 Å². The van der Waals surface area contributed by atoms with E-state index in [1.54, 1.807) is 24.3 Å². The first-order chi connectivity index (χ1) is 15.7. The van der Waals surface area contributed by atoms with Crippen LogP contribution in [0.4, 0.5) is 0 Å². The van der Waals surface area contributed by atoms with Crippen LogP contribution in [0.3, 0.4) is 0 Å². The number of hydrogen-bond donors (Lipinski definition) is 5. The molecule has 0 aromatic heterocycles. The van der Waals surface area contributed by atoms with Gasteiger partial charge in [0, 0.05) is 31.0 Å². The van der Waals surface area contributed by atoms with Crippen LogP contribution in [0.5, 0.6) is 23.0 Å². The molecule has 33 heavy (non-hydrogen) atoms. The molecule has 5 atom stereocenters. The minimum absolute atomic E-state index is 0.0895. The summed E-state index contributed by atoms with van der Waals surface area (Å²) in [6.45, 7) is 0.843. The van der Waals surface area contributed by atoms with E-state index < -0.39 is 36.7 Å².